The number of aliphatic imine (C=N–C) groups is 1. The monoisotopic (exact) mass is 447 g/mol. The maximum Gasteiger partial charge on any atom is 0.191 e. The molecule has 2 N–H and O–H groups in total. The van der Waals surface area contributed by atoms with Crippen molar-refractivity contribution in [1.82, 2.24) is 10.6 Å². The van der Waals surface area contributed by atoms with Crippen molar-refractivity contribution >= 4 is 29.9 Å². The molecule has 0 heterocycles. The van der Waals surface area contributed by atoms with Gasteiger partial charge >= 0.3 is 0 Å². The summed E-state index contributed by atoms with van der Waals surface area (Å²) in [5.41, 5.74) is 0. The van der Waals surface area contributed by atoms with E-state index < -0.39 is 0 Å². The quantitative estimate of drug-likeness (QED) is 0.277. The molecule has 2 rings (SSSR count). The van der Waals surface area contributed by atoms with E-state index in [2.05, 4.69) is 22.5 Å². The Morgan fingerprint density at radius 3 is 2.46 bits per heavy atom. The summed E-state index contributed by atoms with van der Waals surface area (Å²) in [7, 11) is 1.66. The second-order valence-electron chi connectivity index (χ2n) is 5.76. The van der Waals surface area contributed by atoms with E-state index in [-0.39, 0.29) is 24.0 Å². The third-order valence-corrected chi connectivity index (χ3v) is 3.94. The van der Waals surface area contributed by atoms with Crippen LogP contribution in [0.15, 0.2) is 29.3 Å². The first-order chi connectivity index (χ1) is 11.3. The van der Waals surface area contributed by atoms with Gasteiger partial charge in [-0.1, -0.05) is 12.8 Å². The lowest BCUT2D eigenvalue weighted by Crippen LogP contribution is -2.42. The number of hydrogen-bond acceptors (Lipinski definition) is 3. The van der Waals surface area contributed by atoms with Crippen molar-refractivity contribution in [2.75, 3.05) is 26.8 Å². The van der Waals surface area contributed by atoms with Crippen LogP contribution in [0.2, 0.25) is 0 Å². The standard InChI is InChI=1S/C18H29N3O2.HI/c1-3-19-18(21-15-7-4-5-8-15)20-13-6-14-23-17-11-9-16(22-2)10-12-17;/h9-12,15H,3-8,13-14H2,1-2H3,(H2,19,20,21);1H. The van der Waals surface area contributed by atoms with E-state index in [4.69, 9.17) is 9.47 Å². The van der Waals surface area contributed by atoms with Gasteiger partial charge in [0.2, 0.25) is 0 Å². The largest absolute Gasteiger partial charge is 0.497 e. The fourth-order valence-corrected chi connectivity index (χ4v) is 2.70. The molecule has 0 aliphatic heterocycles. The zero-order valence-electron chi connectivity index (χ0n) is 14.7. The SMILES string of the molecule is CCNC(=NCCCOc1ccc(OC)cc1)NC1CCCC1.I. The Labute approximate surface area is 162 Å². The summed E-state index contributed by atoms with van der Waals surface area (Å²) in [5.74, 6) is 2.64. The molecule has 1 aromatic carbocycles. The van der Waals surface area contributed by atoms with Crippen LogP contribution in [0.1, 0.15) is 39.0 Å². The lowest BCUT2D eigenvalue weighted by molar-refractivity contribution is 0.312. The van der Waals surface area contributed by atoms with Crippen LogP contribution >= 0.6 is 24.0 Å². The summed E-state index contributed by atoms with van der Waals surface area (Å²) in [6.45, 7) is 4.41. The van der Waals surface area contributed by atoms with Crippen LogP contribution < -0.4 is 20.1 Å². The van der Waals surface area contributed by atoms with E-state index in [0.717, 1.165) is 37.0 Å². The van der Waals surface area contributed by atoms with Crippen molar-refractivity contribution in [2.45, 2.75) is 45.1 Å². The van der Waals surface area contributed by atoms with Crippen LogP contribution in [0.3, 0.4) is 0 Å². The highest BCUT2D eigenvalue weighted by atomic mass is 127. The molecule has 0 unspecified atom stereocenters. The molecule has 5 nitrogen and oxygen atoms in total. The van der Waals surface area contributed by atoms with Gasteiger partial charge in [-0.15, -0.1) is 24.0 Å². The molecular weight excluding hydrogens is 417 g/mol. The second-order valence-corrected chi connectivity index (χ2v) is 5.76. The van der Waals surface area contributed by atoms with E-state index in [1.807, 2.05) is 24.3 Å². The minimum absolute atomic E-state index is 0. The molecule has 0 radical (unpaired) electrons. The Hall–Kier alpha value is -1.18. The zero-order valence-corrected chi connectivity index (χ0v) is 17.0. The molecule has 1 saturated carbocycles. The molecule has 1 aliphatic carbocycles. The molecule has 6 heteroatoms. The molecule has 136 valence electrons. The number of halogens is 1. The van der Waals surface area contributed by atoms with Gasteiger partial charge in [0.1, 0.15) is 11.5 Å². The van der Waals surface area contributed by atoms with Gasteiger partial charge in [0.05, 0.1) is 13.7 Å². The average molecular weight is 447 g/mol. The van der Waals surface area contributed by atoms with Crippen molar-refractivity contribution in [3.05, 3.63) is 24.3 Å². The Bertz CT molecular complexity index is 474. The third kappa shape index (κ3) is 7.59. The smallest absolute Gasteiger partial charge is 0.191 e. The Balaban J connectivity index is 0.00000288. The van der Waals surface area contributed by atoms with E-state index in [9.17, 15) is 0 Å². The zero-order chi connectivity index (χ0) is 16.3. The molecule has 1 aromatic rings. The van der Waals surface area contributed by atoms with Gasteiger partial charge in [0.25, 0.3) is 0 Å². The maximum atomic E-state index is 5.72. The van der Waals surface area contributed by atoms with Crippen molar-refractivity contribution in [3.63, 3.8) is 0 Å². The molecule has 0 bridgehead atoms. The molecule has 0 saturated heterocycles. The van der Waals surface area contributed by atoms with E-state index >= 15 is 0 Å². The summed E-state index contributed by atoms with van der Waals surface area (Å²) in [5, 5.41) is 6.84. The normalized spacial score (nSPS) is 14.8. The number of nitrogens with zero attached hydrogens (tertiary/aromatic N) is 1. The fourth-order valence-electron chi connectivity index (χ4n) is 2.70. The first-order valence-electron chi connectivity index (χ1n) is 8.63. The summed E-state index contributed by atoms with van der Waals surface area (Å²) >= 11 is 0. The summed E-state index contributed by atoms with van der Waals surface area (Å²) in [4.78, 5) is 4.63. The topological polar surface area (TPSA) is 54.9 Å². The molecule has 1 fully saturated rings. The van der Waals surface area contributed by atoms with Crippen molar-refractivity contribution < 1.29 is 9.47 Å². The van der Waals surface area contributed by atoms with Crippen LogP contribution in [-0.2, 0) is 0 Å². The predicted octanol–water partition coefficient (Wildman–Crippen LogP) is 3.58. The summed E-state index contributed by atoms with van der Waals surface area (Å²) < 4.78 is 10.8. The summed E-state index contributed by atoms with van der Waals surface area (Å²) in [6, 6.07) is 8.25. The molecule has 24 heavy (non-hydrogen) atoms. The molecule has 0 aromatic heterocycles. The van der Waals surface area contributed by atoms with E-state index in [1.54, 1.807) is 7.11 Å². The van der Waals surface area contributed by atoms with Crippen molar-refractivity contribution in [2.24, 2.45) is 4.99 Å². The number of hydrogen-bond donors (Lipinski definition) is 2. The van der Waals surface area contributed by atoms with Crippen molar-refractivity contribution in [1.29, 1.82) is 0 Å². The number of methoxy groups -OCH3 is 1. The highest BCUT2D eigenvalue weighted by Crippen LogP contribution is 2.18. The first kappa shape index (κ1) is 20.9. The lowest BCUT2D eigenvalue weighted by Gasteiger charge is -2.16. The predicted molar refractivity (Wildman–Crippen MR) is 110 cm³/mol. The van der Waals surface area contributed by atoms with Gasteiger partial charge in [-0.05, 0) is 44.0 Å². The number of guanidine groups is 1. The third-order valence-electron chi connectivity index (χ3n) is 3.94. The first-order valence-corrected chi connectivity index (χ1v) is 8.63. The van der Waals surface area contributed by atoms with Gasteiger partial charge in [-0.3, -0.25) is 4.99 Å². The van der Waals surface area contributed by atoms with Crippen LogP contribution in [0, 0.1) is 0 Å². The number of ether oxygens (including phenoxy) is 2. The highest BCUT2D eigenvalue weighted by molar-refractivity contribution is 14.0. The van der Waals surface area contributed by atoms with Crippen LogP contribution in [0.4, 0.5) is 0 Å². The van der Waals surface area contributed by atoms with E-state index in [1.165, 1.54) is 25.7 Å². The Kier molecular flexibility index (Phi) is 10.6. The minimum Gasteiger partial charge on any atom is -0.497 e. The number of rotatable bonds is 8. The minimum atomic E-state index is 0. The second kappa shape index (κ2) is 12.2. The highest BCUT2D eigenvalue weighted by Gasteiger charge is 2.15. The van der Waals surface area contributed by atoms with Gasteiger partial charge in [-0.25, -0.2) is 0 Å². The maximum absolute atomic E-state index is 5.72. The molecule has 0 spiro atoms. The van der Waals surface area contributed by atoms with Gasteiger partial charge < -0.3 is 20.1 Å². The lowest BCUT2D eigenvalue weighted by atomic mass is 10.2. The van der Waals surface area contributed by atoms with E-state index in [0.29, 0.717) is 12.6 Å². The van der Waals surface area contributed by atoms with Gasteiger partial charge in [-0.2, -0.15) is 0 Å². The molecule has 0 amide bonds. The van der Waals surface area contributed by atoms with Gasteiger partial charge in [0.15, 0.2) is 5.96 Å². The average Bonchev–Trinajstić information content (AvgIpc) is 3.08. The van der Waals surface area contributed by atoms with Crippen LogP contribution in [0.5, 0.6) is 11.5 Å². The van der Waals surface area contributed by atoms with Crippen LogP contribution in [-0.4, -0.2) is 38.8 Å². The fraction of sp³-hybridized carbons (Fsp3) is 0.611. The molecule has 0 atom stereocenters. The molecular formula is C18H30IN3O2. The van der Waals surface area contributed by atoms with Crippen LogP contribution in [0.25, 0.3) is 0 Å². The number of benzene rings is 1. The number of nitrogens with one attached hydrogen (secondary N) is 2. The summed E-state index contributed by atoms with van der Waals surface area (Å²) in [6.07, 6.45) is 6.06. The Morgan fingerprint density at radius 1 is 1.17 bits per heavy atom. The van der Waals surface area contributed by atoms with Crippen molar-refractivity contribution in [3.8, 4) is 11.5 Å². The Morgan fingerprint density at radius 2 is 1.83 bits per heavy atom. The van der Waals surface area contributed by atoms with Gasteiger partial charge in [0, 0.05) is 25.6 Å². The molecule has 1 aliphatic rings.